The maximum absolute atomic E-state index is 13.0. The number of amides is 1. The highest BCUT2D eigenvalue weighted by atomic mass is 32.2. The highest BCUT2D eigenvalue weighted by molar-refractivity contribution is 7.91. The van der Waals surface area contributed by atoms with Crippen LogP contribution in [0.3, 0.4) is 0 Å². The van der Waals surface area contributed by atoms with Gasteiger partial charge in [-0.3, -0.25) is 4.79 Å². The van der Waals surface area contributed by atoms with Crippen LogP contribution in [-0.2, 0) is 26.5 Å². The molecule has 0 radical (unpaired) electrons. The summed E-state index contributed by atoms with van der Waals surface area (Å²) >= 11 is 1.34. The zero-order chi connectivity index (χ0) is 23.2. The van der Waals surface area contributed by atoms with Gasteiger partial charge in [0.15, 0.2) is 9.84 Å². The summed E-state index contributed by atoms with van der Waals surface area (Å²) in [5, 5.41) is 6.80. The Labute approximate surface area is 187 Å². The number of benzene rings is 1. The van der Waals surface area contributed by atoms with Crippen LogP contribution in [0.2, 0.25) is 0 Å². The number of ether oxygens (including phenoxy) is 1. The van der Waals surface area contributed by atoms with E-state index in [-0.39, 0.29) is 21.8 Å². The molecule has 2 heterocycles. The molecule has 1 aromatic carbocycles. The lowest BCUT2D eigenvalue weighted by molar-refractivity contribution is 0.0600. The molecule has 1 amide bonds. The van der Waals surface area contributed by atoms with Crippen molar-refractivity contribution in [2.75, 3.05) is 18.2 Å². The fourth-order valence-corrected chi connectivity index (χ4v) is 6.29. The van der Waals surface area contributed by atoms with E-state index in [1.165, 1.54) is 36.6 Å². The highest BCUT2D eigenvalue weighted by Gasteiger charge is 2.42. The number of carbonyl (C=O) groups is 2. The van der Waals surface area contributed by atoms with Gasteiger partial charge in [0.05, 0.1) is 23.3 Å². The van der Waals surface area contributed by atoms with E-state index >= 15 is 0 Å². The molecule has 0 fully saturated rings. The summed E-state index contributed by atoms with van der Waals surface area (Å²) < 4.78 is 29.4. The van der Waals surface area contributed by atoms with Crippen molar-refractivity contribution in [1.29, 1.82) is 0 Å². The Kier molecular flexibility index (Phi) is 6.07. The number of thiophene rings is 1. The lowest BCUT2D eigenvalue weighted by Gasteiger charge is -2.42. The predicted molar refractivity (Wildman–Crippen MR) is 122 cm³/mol. The summed E-state index contributed by atoms with van der Waals surface area (Å²) in [5.41, 5.74) is 0.779. The average Bonchev–Trinajstić information content (AvgIpc) is 3.04. The molecule has 0 atom stereocenters. The Bertz CT molecular complexity index is 1150. The van der Waals surface area contributed by atoms with E-state index in [0.29, 0.717) is 17.0 Å². The van der Waals surface area contributed by atoms with Gasteiger partial charge in [0.25, 0.3) is 5.91 Å². The normalized spacial score (nSPS) is 17.0. The van der Waals surface area contributed by atoms with E-state index in [0.717, 1.165) is 10.4 Å². The van der Waals surface area contributed by atoms with Crippen LogP contribution in [0.1, 0.15) is 65.8 Å². The third-order valence-electron chi connectivity index (χ3n) is 5.30. The van der Waals surface area contributed by atoms with E-state index in [4.69, 9.17) is 4.74 Å². The first-order valence-electron chi connectivity index (χ1n) is 9.99. The van der Waals surface area contributed by atoms with Crippen molar-refractivity contribution in [3.63, 3.8) is 0 Å². The van der Waals surface area contributed by atoms with Crippen molar-refractivity contribution >= 4 is 38.1 Å². The Hall–Kier alpha value is -2.23. The molecule has 1 aliphatic rings. The first kappa shape index (κ1) is 23.4. The minimum Gasteiger partial charge on any atom is -0.465 e. The second kappa shape index (κ2) is 8.03. The van der Waals surface area contributed by atoms with Gasteiger partial charge in [0, 0.05) is 21.5 Å². The first-order chi connectivity index (χ1) is 14.3. The van der Waals surface area contributed by atoms with Gasteiger partial charge in [0.1, 0.15) is 5.00 Å². The van der Waals surface area contributed by atoms with Gasteiger partial charge >= 0.3 is 5.97 Å². The third-order valence-corrected chi connectivity index (χ3v) is 8.50. The second-order valence-corrected chi connectivity index (χ2v) is 12.1. The molecule has 1 aliphatic heterocycles. The number of carbonyl (C=O) groups excluding carboxylic acids is 2. The van der Waals surface area contributed by atoms with Crippen LogP contribution in [0.15, 0.2) is 29.2 Å². The van der Waals surface area contributed by atoms with Crippen LogP contribution in [0.4, 0.5) is 5.00 Å². The maximum Gasteiger partial charge on any atom is 0.341 e. The zero-order valence-electron chi connectivity index (χ0n) is 18.6. The molecule has 2 N–H and O–H groups in total. The zero-order valence-corrected chi connectivity index (χ0v) is 20.2. The van der Waals surface area contributed by atoms with Crippen molar-refractivity contribution in [2.45, 2.75) is 57.0 Å². The van der Waals surface area contributed by atoms with Crippen LogP contribution in [0.25, 0.3) is 0 Å². The van der Waals surface area contributed by atoms with Gasteiger partial charge in [-0.1, -0.05) is 13.0 Å². The van der Waals surface area contributed by atoms with E-state index < -0.39 is 27.3 Å². The van der Waals surface area contributed by atoms with Gasteiger partial charge in [0.2, 0.25) is 0 Å². The third kappa shape index (κ3) is 4.53. The van der Waals surface area contributed by atoms with Gasteiger partial charge in [-0.25, -0.2) is 13.2 Å². The largest absolute Gasteiger partial charge is 0.465 e. The Morgan fingerprint density at radius 2 is 1.90 bits per heavy atom. The number of fused-ring (bicyclic) bond motifs is 1. The van der Waals surface area contributed by atoms with E-state index in [9.17, 15) is 18.0 Å². The fraction of sp³-hybridized carbons (Fsp3) is 0.455. The van der Waals surface area contributed by atoms with Crippen molar-refractivity contribution in [1.82, 2.24) is 5.32 Å². The van der Waals surface area contributed by atoms with Gasteiger partial charge in [-0.15, -0.1) is 11.3 Å². The molecule has 0 bridgehead atoms. The van der Waals surface area contributed by atoms with Crippen molar-refractivity contribution in [3.05, 3.63) is 45.8 Å². The second-order valence-electron chi connectivity index (χ2n) is 8.80. The Morgan fingerprint density at radius 3 is 2.52 bits per heavy atom. The quantitative estimate of drug-likeness (QED) is 0.654. The van der Waals surface area contributed by atoms with Crippen molar-refractivity contribution in [3.8, 4) is 0 Å². The Balaban J connectivity index is 2.05. The number of methoxy groups -OCH3 is 1. The molecular weight excluding hydrogens is 436 g/mol. The molecule has 0 aliphatic carbocycles. The number of hydrogen-bond acceptors (Lipinski definition) is 7. The smallest absolute Gasteiger partial charge is 0.341 e. The summed E-state index contributed by atoms with van der Waals surface area (Å²) in [6.45, 7) is 9.75. The molecule has 0 unspecified atom stereocenters. The van der Waals surface area contributed by atoms with Crippen LogP contribution in [0, 0.1) is 0 Å². The van der Waals surface area contributed by atoms with Crippen LogP contribution < -0.4 is 10.6 Å². The van der Waals surface area contributed by atoms with Gasteiger partial charge < -0.3 is 15.4 Å². The molecule has 3 rings (SSSR count). The Morgan fingerprint density at radius 1 is 1.23 bits per heavy atom. The molecule has 0 saturated heterocycles. The maximum atomic E-state index is 13.0. The number of anilines is 1. The highest BCUT2D eigenvalue weighted by Crippen LogP contribution is 2.45. The minimum absolute atomic E-state index is 0.0555. The minimum atomic E-state index is -3.44. The van der Waals surface area contributed by atoms with E-state index in [1.807, 2.05) is 13.8 Å². The lowest BCUT2D eigenvalue weighted by atomic mass is 9.81. The SMILES string of the molecule is CCS(=O)(=O)c1cccc(C(=O)Nc2sc3c(c2C(=O)OC)CC(C)(C)NC3(C)C)c1. The van der Waals surface area contributed by atoms with E-state index in [1.54, 1.807) is 13.0 Å². The monoisotopic (exact) mass is 464 g/mol. The summed E-state index contributed by atoms with van der Waals surface area (Å²) in [6.07, 6.45) is 0.604. The molecule has 31 heavy (non-hydrogen) atoms. The molecular formula is C22H28N2O5S2. The summed E-state index contributed by atoms with van der Waals surface area (Å²) in [7, 11) is -2.13. The number of rotatable bonds is 5. The average molecular weight is 465 g/mol. The standard InChI is InChI=1S/C22H28N2O5S2/c1-7-31(27,28)14-10-8-9-13(11-14)18(25)23-19-16(20(26)29-6)15-12-21(2,3)24-22(4,5)17(15)30-19/h8-11,24H,7,12H2,1-6H3,(H,23,25). The fourth-order valence-electron chi connectivity index (χ4n) is 4.11. The summed E-state index contributed by atoms with van der Waals surface area (Å²) in [4.78, 5) is 26.7. The topological polar surface area (TPSA) is 102 Å². The van der Waals surface area contributed by atoms with Crippen LogP contribution >= 0.6 is 11.3 Å². The molecule has 0 saturated carbocycles. The van der Waals surface area contributed by atoms with Crippen LogP contribution in [-0.4, -0.2) is 38.7 Å². The predicted octanol–water partition coefficient (Wildman–Crippen LogP) is 3.74. The number of hydrogen-bond donors (Lipinski definition) is 2. The number of nitrogens with one attached hydrogen (secondary N) is 2. The van der Waals surface area contributed by atoms with Gasteiger partial charge in [-0.05, 0) is 57.9 Å². The van der Waals surface area contributed by atoms with E-state index in [2.05, 4.69) is 24.5 Å². The lowest BCUT2D eigenvalue weighted by Crippen LogP contribution is -2.55. The van der Waals surface area contributed by atoms with Crippen molar-refractivity contribution in [2.24, 2.45) is 0 Å². The molecule has 0 spiro atoms. The summed E-state index contributed by atoms with van der Waals surface area (Å²) in [6, 6.07) is 5.90. The number of esters is 1. The molecule has 9 heteroatoms. The van der Waals surface area contributed by atoms with Crippen molar-refractivity contribution < 1.29 is 22.7 Å². The molecule has 7 nitrogen and oxygen atoms in total. The van der Waals surface area contributed by atoms with Gasteiger partial charge in [-0.2, -0.15) is 0 Å². The molecule has 168 valence electrons. The first-order valence-corrected chi connectivity index (χ1v) is 12.5. The number of sulfone groups is 1. The molecule has 2 aromatic rings. The molecule has 1 aromatic heterocycles. The van der Waals surface area contributed by atoms with Crippen LogP contribution in [0.5, 0.6) is 0 Å². The summed E-state index contributed by atoms with van der Waals surface area (Å²) in [5.74, 6) is -1.05.